The standard InChI is InChI=1S/C9H13N3O2S/c10-9(11)8-2-1-7(3-12-8)15-5-6(14)4-13/h1-3,6,13-14H,4-5H2,(H3,10,11). The predicted molar refractivity (Wildman–Crippen MR) is 59.1 cm³/mol. The minimum absolute atomic E-state index is 0.0676. The molecule has 0 aliphatic heterocycles. The van der Waals surface area contributed by atoms with Crippen molar-refractivity contribution in [1.82, 2.24) is 4.98 Å². The van der Waals surface area contributed by atoms with Crippen molar-refractivity contribution in [2.24, 2.45) is 5.73 Å². The van der Waals surface area contributed by atoms with Crippen LogP contribution in [0.1, 0.15) is 5.69 Å². The summed E-state index contributed by atoms with van der Waals surface area (Å²) < 4.78 is 0. The van der Waals surface area contributed by atoms with Gasteiger partial charge in [-0.15, -0.1) is 11.8 Å². The van der Waals surface area contributed by atoms with E-state index in [4.69, 9.17) is 21.4 Å². The van der Waals surface area contributed by atoms with Crippen LogP contribution in [0.4, 0.5) is 0 Å². The molecule has 0 aromatic carbocycles. The molecule has 6 heteroatoms. The highest BCUT2D eigenvalue weighted by Gasteiger charge is 2.04. The van der Waals surface area contributed by atoms with E-state index in [1.54, 1.807) is 18.3 Å². The lowest BCUT2D eigenvalue weighted by Crippen LogP contribution is -2.15. The summed E-state index contributed by atoms with van der Waals surface area (Å²) in [6, 6.07) is 3.43. The van der Waals surface area contributed by atoms with Crippen molar-refractivity contribution in [3.8, 4) is 0 Å². The molecule has 0 amide bonds. The van der Waals surface area contributed by atoms with Crippen LogP contribution >= 0.6 is 11.8 Å². The summed E-state index contributed by atoms with van der Waals surface area (Å²) in [5, 5.41) is 24.9. The van der Waals surface area contributed by atoms with Crippen LogP contribution < -0.4 is 5.73 Å². The third-order valence-corrected chi connectivity index (χ3v) is 2.79. The third-order valence-electron chi connectivity index (χ3n) is 1.67. The van der Waals surface area contributed by atoms with E-state index in [-0.39, 0.29) is 12.4 Å². The van der Waals surface area contributed by atoms with E-state index in [0.717, 1.165) is 4.90 Å². The second kappa shape index (κ2) is 5.69. The van der Waals surface area contributed by atoms with E-state index in [2.05, 4.69) is 4.98 Å². The number of aliphatic hydroxyl groups is 2. The molecule has 0 aliphatic rings. The molecule has 0 radical (unpaired) electrons. The summed E-state index contributed by atoms with van der Waals surface area (Å²) in [7, 11) is 0. The number of amidine groups is 1. The minimum atomic E-state index is -0.720. The molecule has 0 saturated heterocycles. The number of nitrogens with one attached hydrogen (secondary N) is 1. The van der Waals surface area contributed by atoms with Crippen LogP contribution in [0.15, 0.2) is 23.2 Å². The van der Waals surface area contributed by atoms with E-state index in [1.807, 2.05) is 0 Å². The number of nitrogens with two attached hydrogens (primary N) is 1. The number of hydrogen-bond acceptors (Lipinski definition) is 5. The zero-order valence-corrected chi connectivity index (χ0v) is 8.87. The van der Waals surface area contributed by atoms with Crippen LogP contribution in [0.25, 0.3) is 0 Å². The van der Waals surface area contributed by atoms with Crippen LogP contribution in [-0.2, 0) is 0 Å². The molecular weight excluding hydrogens is 214 g/mol. The highest BCUT2D eigenvalue weighted by Crippen LogP contribution is 2.17. The van der Waals surface area contributed by atoms with Crippen LogP contribution in [0, 0.1) is 5.41 Å². The zero-order valence-electron chi connectivity index (χ0n) is 8.05. The van der Waals surface area contributed by atoms with E-state index in [0.29, 0.717) is 11.4 Å². The Kier molecular flexibility index (Phi) is 4.54. The smallest absolute Gasteiger partial charge is 0.141 e. The lowest BCUT2D eigenvalue weighted by Gasteiger charge is -2.06. The molecule has 5 N–H and O–H groups in total. The number of pyridine rings is 1. The van der Waals surface area contributed by atoms with Crippen molar-refractivity contribution in [3.05, 3.63) is 24.0 Å². The maximum atomic E-state index is 9.12. The number of nitrogens with zero attached hydrogens (tertiary/aromatic N) is 1. The molecule has 0 fully saturated rings. The molecule has 1 rings (SSSR count). The van der Waals surface area contributed by atoms with Gasteiger partial charge >= 0.3 is 0 Å². The predicted octanol–water partition coefficient (Wildman–Crippen LogP) is -0.189. The normalized spacial score (nSPS) is 12.4. The maximum absolute atomic E-state index is 9.12. The second-order valence-electron chi connectivity index (χ2n) is 2.94. The molecule has 1 atom stereocenters. The Morgan fingerprint density at radius 3 is 2.80 bits per heavy atom. The van der Waals surface area contributed by atoms with Gasteiger partial charge in [0.15, 0.2) is 0 Å². The number of rotatable bonds is 5. The summed E-state index contributed by atoms with van der Waals surface area (Å²) >= 11 is 1.39. The Morgan fingerprint density at radius 2 is 2.33 bits per heavy atom. The molecule has 0 spiro atoms. The molecule has 1 unspecified atom stereocenters. The minimum Gasteiger partial charge on any atom is -0.394 e. The van der Waals surface area contributed by atoms with Crippen LogP contribution in [0.2, 0.25) is 0 Å². The van der Waals surface area contributed by atoms with Gasteiger partial charge in [0.2, 0.25) is 0 Å². The monoisotopic (exact) mass is 227 g/mol. The number of nitrogen functional groups attached to an aromatic ring is 1. The Balaban J connectivity index is 2.53. The first-order valence-corrected chi connectivity index (χ1v) is 5.34. The van der Waals surface area contributed by atoms with E-state index >= 15 is 0 Å². The second-order valence-corrected chi connectivity index (χ2v) is 4.03. The zero-order chi connectivity index (χ0) is 11.3. The van der Waals surface area contributed by atoms with Crippen molar-refractivity contribution in [2.45, 2.75) is 11.0 Å². The third kappa shape index (κ3) is 3.86. The summed E-state index contributed by atoms with van der Waals surface area (Å²) in [4.78, 5) is 4.84. The van der Waals surface area contributed by atoms with Gasteiger partial charge in [0, 0.05) is 16.8 Å². The molecule has 1 aromatic rings. The topological polar surface area (TPSA) is 103 Å². The quantitative estimate of drug-likeness (QED) is 0.317. The van der Waals surface area contributed by atoms with Gasteiger partial charge in [0.05, 0.1) is 12.7 Å². The molecule has 5 nitrogen and oxygen atoms in total. The number of hydrogen-bond donors (Lipinski definition) is 4. The molecule has 1 aromatic heterocycles. The number of aliphatic hydroxyl groups excluding tert-OH is 2. The lowest BCUT2D eigenvalue weighted by molar-refractivity contribution is 0.113. The molecule has 0 saturated carbocycles. The van der Waals surface area contributed by atoms with Crippen LogP contribution in [0.3, 0.4) is 0 Å². The fourth-order valence-corrected chi connectivity index (χ4v) is 1.65. The van der Waals surface area contributed by atoms with Gasteiger partial charge in [-0.2, -0.15) is 0 Å². The van der Waals surface area contributed by atoms with E-state index < -0.39 is 6.10 Å². The molecule has 0 bridgehead atoms. The fourth-order valence-electron chi connectivity index (χ4n) is 0.870. The van der Waals surface area contributed by atoms with Gasteiger partial charge < -0.3 is 15.9 Å². The summed E-state index contributed by atoms with van der Waals surface area (Å²) in [6.07, 6.45) is 0.869. The van der Waals surface area contributed by atoms with Crippen LogP contribution in [-0.4, -0.2) is 39.5 Å². The maximum Gasteiger partial charge on any atom is 0.141 e. The van der Waals surface area contributed by atoms with E-state index in [1.165, 1.54) is 11.8 Å². The Hall–Kier alpha value is -1.11. The lowest BCUT2D eigenvalue weighted by atomic mass is 10.3. The molecule has 1 heterocycles. The molecular formula is C9H13N3O2S. The average Bonchev–Trinajstić information content (AvgIpc) is 2.26. The number of thioether (sulfide) groups is 1. The number of aromatic nitrogens is 1. The first-order chi connectivity index (χ1) is 7.13. The van der Waals surface area contributed by atoms with Gasteiger partial charge in [0.1, 0.15) is 11.5 Å². The highest BCUT2D eigenvalue weighted by molar-refractivity contribution is 7.99. The van der Waals surface area contributed by atoms with Gasteiger partial charge in [-0.3, -0.25) is 10.4 Å². The first-order valence-electron chi connectivity index (χ1n) is 4.35. The fraction of sp³-hybridized carbons (Fsp3) is 0.333. The van der Waals surface area contributed by atoms with Crippen molar-refractivity contribution in [3.63, 3.8) is 0 Å². The van der Waals surface area contributed by atoms with Gasteiger partial charge in [-0.1, -0.05) is 0 Å². The summed E-state index contributed by atoms with van der Waals surface area (Å²) in [5.41, 5.74) is 5.68. The SMILES string of the molecule is N=C(N)c1ccc(SCC(O)CO)cn1. The van der Waals surface area contributed by atoms with Crippen molar-refractivity contribution < 1.29 is 10.2 Å². The Bertz CT molecular complexity index is 329. The van der Waals surface area contributed by atoms with Crippen molar-refractivity contribution in [2.75, 3.05) is 12.4 Å². The average molecular weight is 227 g/mol. The van der Waals surface area contributed by atoms with Crippen molar-refractivity contribution >= 4 is 17.6 Å². The molecule has 82 valence electrons. The largest absolute Gasteiger partial charge is 0.394 e. The highest BCUT2D eigenvalue weighted by atomic mass is 32.2. The summed E-state index contributed by atoms with van der Waals surface area (Å²) in [6.45, 7) is -0.244. The van der Waals surface area contributed by atoms with Gasteiger partial charge in [0.25, 0.3) is 0 Å². The van der Waals surface area contributed by atoms with Crippen LogP contribution in [0.5, 0.6) is 0 Å². The Labute approximate surface area is 91.8 Å². The Morgan fingerprint density at radius 1 is 1.60 bits per heavy atom. The first kappa shape index (κ1) is 12.0. The van der Waals surface area contributed by atoms with E-state index in [9.17, 15) is 0 Å². The molecule has 15 heavy (non-hydrogen) atoms. The van der Waals surface area contributed by atoms with Crippen molar-refractivity contribution in [1.29, 1.82) is 5.41 Å². The van der Waals surface area contributed by atoms with Gasteiger partial charge in [-0.25, -0.2) is 0 Å². The summed E-state index contributed by atoms with van der Waals surface area (Å²) in [5.74, 6) is 0.347. The van der Waals surface area contributed by atoms with Gasteiger partial charge in [-0.05, 0) is 12.1 Å². The molecule has 0 aliphatic carbocycles.